The van der Waals surface area contributed by atoms with E-state index in [0.717, 1.165) is 34.9 Å². The third-order valence-corrected chi connectivity index (χ3v) is 3.87. The summed E-state index contributed by atoms with van der Waals surface area (Å²) in [7, 11) is 1.91. The molecule has 0 spiro atoms. The molecule has 0 fully saturated rings. The second-order valence-electron chi connectivity index (χ2n) is 4.42. The molecule has 20 heavy (non-hydrogen) atoms. The number of aromatic nitrogens is 2. The molecule has 1 aromatic carbocycles. The summed E-state index contributed by atoms with van der Waals surface area (Å²) in [5.41, 5.74) is 2.85. The Labute approximate surface area is 123 Å². The van der Waals surface area contributed by atoms with Crippen LogP contribution in [0.25, 0.3) is 0 Å². The van der Waals surface area contributed by atoms with Crippen molar-refractivity contribution in [3.8, 4) is 6.07 Å². The quantitative estimate of drug-likeness (QED) is 0.829. The summed E-state index contributed by atoms with van der Waals surface area (Å²) in [4.78, 5) is 1.04. The maximum atomic E-state index is 9.33. The van der Waals surface area contributed by atoms with E-state index in [9.17, 15) is 5.26 Å². The van der Waals surface area contributed by atoms with Gasteiger partial charge in [0.2, 0.25) is 0 Å². The number of nitrogens with zero attached hydrogens (tertiary/aromatic N) is 3. The van der Waals surface area contributed by atoms with Crippen molar-refractivity contribution in [3.05, 3.63) is 41.7 Å². The van der Waals surface area contributed by atoms with E-state index in [0.29, 0.717) is 0 Å². The third kappa shape index (κ3) is 3.55. The van der Waals surface area contributed by atoms with Gasteiger partial charge in [0.15, 0.2) is 0 Å². The van der Waals surface area contributed by atoms with Crippen molar-refractivity contribution in [2.45, 2.75) is 18.2 Å². The Morgan fingerprint density at radius 3 is 2.95 bits per heavy atom. The van der Waals surface area contributed by atoms with Crippen molar-refractivity contribution in [1.82, 2.24) is 9.78 Å². The first-order valence-corrected chi connectivity index (χ1v) is 7.60. The second-order valence-corrected chi connectivity index (χ2v) is 5.73. The van der Waals surface area contributed by atoms with Crippen LogP contribution < -0.4 is 5.32 Å². The average Bonchev–Trinajstić information content (AvgIpc) is 2.85. The summed E-state index contributed by atoms with van der Waals surface area (Å²) in [6, 6.07) is 8.25. The van der Waals surface area contributed by atoms with Gasteiger partial charge in [-0.25, -0.2) is 0 Å². The Kier molecular flexibility index (Phi) is 5.08. The fourth-order valence-electron chi connectivity index (χ4n) is 2.01. The van der Waals surface area contributed by atoms with Crippen molar-refractivity contribution >= 4 is 17.4 Å². The minimum Gasteiger partial charge on any atom is -0.384 e. The number of hydrogen-bond acceptors (Lipinski definition) is 4. The molecule has 1 N–H and O–H groups in total. The largest absolute Gasteiger partial charge is 0.384 e. The summed E-state index contributed by atoms with van der Waals surface area (Å²) < 4.78 is 1.80. The van der Waals surface area contributed by atoms with Crippen molar-refractivity contribution in [1.29, 1.82) is 5.26 Å². The second kappa shape index (κ2) is 7.01. The Hall–Kier alpha value is -1.93. The van der Waals surface area contributed by atoms with Gasteiger partial charge in [0.25, 0.3) is 0 Å². The lowest BCUT2D eigenvalue weighted by Crippen LogP contribution is -2.06. The number of hydrogen-bond donors (Lipinski definition) is 1. The van der Waals surface area contributed by atoms with E-state index >= 15 is 0 Å². The fraction of sp³-hybridized carbons (Fsp3) is 0.333. The molecule has 5 heteroatoms. The van der Waals surface area contributed by atoms with Gasteiger partial charge in [-0.05, 0) is 29.9 Å². The minimum absolute atomic E-state index is 0.741. The molecule has 0 saturated heterocycles. The molecule has 1 heterocycles. The molecule has 0 radical (unpaired) electrons. The Balaban J connectivity index is 2.02. The van der Waals surface area contributed by atoms with Crippen molar-refractivity contribution in [3.63, 3.8) is 0 Å². The molecular weight excluding hydrogens is 268 g/mol. The highest BCUT2D eigenvalue weighted by Gasteiger charge is 2.07. The van der Waals surface area contributed by atoms with Gasteiger partial charge in [0, 0.05) is 24.7 Å². The number of nitriles is 1. The van der Waals surface area contributed by atoms with Gasteiger partial charge in [-0.3, -0.25) is 4.68 Å². The highest BCUT2D eigenvalue weighted by molar-refractivity contribution is 7.99. The number of benzene rings is 1. The molecule has 1 aromatic heterocycles. The predicted octanol–water partition coefficient (Wildman–Crippen LogP) is 3.06. The smallest absolute Gasteiger partial charge is 0.102 e. The van der Waals surface area contributed by atoms with Crippen LogP contribution in [-0.4, -0.2) is 22.1 Å². The van der Waals surface area contributed by atoms with E-state index in [1.807, 2.05) is 37.6 Å². The third-order valence-electron chi connectivity index (χ3n) is 2.93. The zero-order valence-corrected chi connectivity index (χ0v) is 12.6. The summed E-state index contributed by atoms with van der Waals surface area (Å²) in [5, 5.41) is 16.8. The van der Waals surface area contributed by atoms with E-state index in [1.54, 1.807) is 16.4 Å². The summed E-state index contributed by atoms with van der Waals surface area (Å²) in [6.45, 7) is 2.88. The molecule has 0 aliphatic carbocycles. The van der Waals surface area contributed by atoms with Crippen molar-refractivity contribution in [2.75, 3.05) is 17.6 Å². The zero-order valence-electron chi connectivity index (χ0n) is 11.8. The normalized spacial score (nSPS) is 10.2. The van der Waals surface area contributed by atoms with Crippen LogP contribution in [0.2, 0.25) is 0 Å². The first-order valence-electron chi connectivity index (χ1n) is 6.62. The van der Waals surface area contributed by atoms with Gasteiger partial charge in [0.1, 0.15) is 6.07 Å². The molecule has 0 amide bonds. The van der Waals surface area contributed by atoms with Crippen LogP contribution in [0.15, 0.2) is 35.5 Å². The molecule has 4 nitrogen and oxygen atoms in total. The lowest BCUT2D eigenvalue weighted by Gasteiger charge is -2.10. The lowest BCUT2D eigenvalue weighted by molar-refractivity contribution is 0.767. The molecular formula is C15H18N4S. The van der Waals surface area contributed by atoms with Gasteiger partial charge in [-0.1, -0.05) is 13.0 Å². The molecule has 0 unspecified atom stereocenters. The van der Waals surface area contributed by atoms with E-state index in [4.69, 9.17) is 0 Å². The summed E-state index contributed by atoms with van der Waals surface area (Å²) in [5.74, 6) is 0.966. The molecule has 0 bridgehead atoms. The van der Waals surface area contributed by atoms with E-state index in [1.165, 1.54) is 5.56 Å². The van der Waals surface area contributed by atoms with Gasteiger partial charge >= 0.3 is 0 Å². The monoisotopic (exact) mass is 286 g/mol. The number of thioether (sulfide) groups is 1. The Morgan fingerprint density at radius 2 is 2.30 bits per heavy atom. The van der Waals surface area contributed by atoms with Crippen LogP contribution in [0.5, 0.6) is 0 Å². The Morgan fingerprint density at radius 1 is 1.45 bits per heavy atom. The maximum absolute atomic E-state index is 9.33. The highest BCUT2D eigenvalue weighted by Crippen LogP contribution is 2.27. The van der Waals surface area contributed by atoms with E-state index in [2.05, 4.69) is 23.4 Å². The number of nitrogens with one attached hydrogen (secondary N) is 1. The van der Waals surface area contributed by atoms with E-state index < -0.39 is 0 Å². The molecule has 2 aromatic rings. The first kappa shape index (κ1) is 14.5. The van der Waals surface area contributed by atoms with E-state index in [-0.39, 0.29) is 0 Å². The SMILES string of the molecule is CCSc1cccc(NCCc2cnn(C)c2)c1C#N. The summed E-state index contributed by atoms with van der Waals surface area (Å²) in [6.07, 6.45) is 4.77. The highest BCUT2D eigenvalue weighted by atomic mass is 32.2. The van der Waals surface area contributed by atoms with Gasteiger partial charge < -0.3 is 5.32 Å². The van der Waals surface area contributed by atoms with Crippen LogP contribution in [0.1, 0.15) is 18.1 Å². The zero-order chi connectivity index (χ0) is 14.4. The van der Waals surface area contributed by atoms with Gasteiger partial charge in [0.05, 0.1) is 17.4 Å². The predicted molar refractivity (Wildman–Crippen MR) is 83.0 cm³/mol. The molecule has 0 aliphatic heterocycles. The molecule has 2 rings (SSSR count). The fourth-order valence-corrected chi connectivity index (χ4v) is 2.80. The van der Waals surface area contributed by atoms with Crippen LogP contribution >= 0.6 is 11.8 Å². The lowest BCUT2D eigenvalue weighted by atomic mass is 10.2. The molecule has 0 aliphatic rings. The Bertz CT molecular complexity index is 613. The summed E-state index contributed by atoms with van der Waals surface area (Å²) >= 11 is 1.70. The molecule has 0 saturated carbocycles. The number of anilines is 1. The molecule has 0 atom stereocenters. The van der Waals surface area contributed by atoms with Crippen LogP contribution in [0.4, 0.5) is 5.69 Å². The topological polar surface area (TPSA) is 53.6 Å². The van der Waals surface area contributed by atoms with Crippen LogP contribution in [0, 0.1) is 11.3 Å². The van der Waals surface area contributed by atoms with Crippen LogP contribution in [-0.2, 0) is 13.5 Å². The standard InChI is InChI=1S/C15H18N4S/c1-3-20-15-6-4-5-14(13(15)9-16)17-8-7-12-10-18-19(2)11-12/h4-6,10-11,17H,3,7-8H2,1-2H3. The van der Waals surface area contributed by atoms with Crippen molar-refractivity contribution in [2.24, 2.45) is 7.05 Å². The maximum Gasteiger partial charge on any atom is 0.102 e. The van der Waals surface area contributed by atoms with Gasteiger partial charge in [-0.2, -0.15) is 10.4 Å². The van der Waals surface area contributed by atoms with Crippen LogP contribution in [0.3, 0.4) is 0 Å². The molecule has 104 valence electrons. The first-order chi connectivity index (χ1) is 9.74. The van der Waals surface area contributed by atoms with Crippen molar-refractivity contribution < 1.29 is 0 Å². The number of rotatable bonds is 6. The average molecular weight is 286 g/mol. The number of aryl methyl sites for hydroxylation is 1. The minimum atomic E-state index is 0.741. The van der Waals surface area contributed by atoms with Gasteiger partial charge in [-0.15, -0.1) is 11.8 Å².